The highest BCUT2D eigenvalue weighted by molar-refractivity contribution is 7.22. The molecule has 230 valence electrons. The van der Waals surface area contributed by atoms with Crippen LogP contribution in [-0.4, -0.2) is 57.8 Å². The van der Waals surface area contributed by atoms with Crippen molar-refractivity contribution < 1.29 is 28.2 Å². The molecule has 9 nitrogen and oxygen atoms in total. The summed E-state index contributed by atoms with van der Waals surface area (Å²) in [4.78, 5) is 33.4. The highest BCUT2D eigenvalue weighted by Gasteiger charge is 2.31. The molecule has 0 saturated carbocycles. The summed E-state index contributed by atoms with van der Waals surface area (Å²) in [5.74, 6) is -0.444. The minimum absolute atomic E-state index is 0.224. The zero-order valence-corrected chi connectivity index (χ0v) is 27.0. The quantitative estimate of drug-likeness (QED) is 0.308. The highest BCUT2D eigenvalue weighted by Crippen LogP contribution is 2.42. The van der Waals surface area contributed by atoms with Gasteiger partial charge in [-0.05, 0) is 83.4 Å². The summed E-state index contributed by atoms with van der Waals surface area (Å²) in [7, 11) is 0. The average molecular weight is 631 g/mol. The Bertz CT molecular complexity index is 1630. The lowest BCUT2D eigenvalue weighted by Crippen LogP contribution is -2.48. The molecule has 2 amide bonds. The molecule has 2 aliphatic heterocycles. The molecular formula is C31H36ClFN4O5S. The first kappa shape index (κ1) is 30.9. The number of rotatable bonds is 2. The molecule has 12 heteroatoms. The van der Waals surface area contributed by atoms with Crippen LogP contribution >= 0.6 is 22.9 Å². The van der Waals surface area contributed by atoms with Gasteiger partial charge in [0.15, 0.2) is 5.13 Å². The van der Waals surface area contributed by atoms with Gasteiger partial charge in [-0.15, -0.1) is 0 Å². The van der Waals surface area contributed by atoms with E-state index < -0.39 is 23.1 Å². The Balaban J connectivity index is 1.44. The predicted molar refractivity (Wildman–Crippen MR) is 166 cm³/mol. The first-order valence-corrected chi connectivity index (χ1v) is 15.2. The summed E-state index contributed by atoms with van der Waals surface area (Å²) in [6.07, 6.45) is 0.690. The SMILES string of the molecule is Cc1c2c(cc(Cl)c1-c1ccc(F)c3sc(NC(=O)OC(C)(C)C)nc13)CN1CCN(C(=O)OC(C)(C)C)C/C1=C/OC2. The van der Waals surface area contributed by atoms with E-state index in [1.807, 2.05) is 33.8 Å². The number of nitrogens with one attached hydrogen (secondary N) is 1. The van der Waals surface area contributed by atoms with Crippen molar-refractivity contribution in [1.82, 2.24) is 14.8 Å². The highest BCUT2D eigenvalue weighted by atomic mass is 35.5. The van der Waals surface area contributed by atoms with Crippen molar-refractivity contribution in [1.29, 1.82) is 0 Å². The summed E-state index contributed by atoms with van der Waals surface area (Å²) in [5, 5.41) is 3.34. The van der Waals surface area contributed by atoms with Crippen LogP contribution in [0.4, 0.5) is 19.1 Å². The van der Waals surface area contributed by atoms with E-state index in [2.05, 4.69) is 15.2 Å². The Kier molecular flexibility index (Phi) is 8.26. The molecule has 3 heterocycles. The number of fused-ring (bicyclic) bond motifs is 3. The molecule has 1 fully saturated rings. The fourth-order valence-corrected chi connectivity index (χ4v) is 6.40. The van der Waals surface area contributed by atoms with Gasteiger partial charge in [0.1, 0.15) is 29.9 Å². The Morgan fingerprint density at radius 3 is 2.51 bits per heavy atom. The smallest absolute Gasteiger partial charge is 0.413 e. The number of ether oxygens (including phenoxy) is 3. The summed E-state index contributed by atoms with van der Waals surface area (Å²) in [6, 6.07) is 4.97. The standard InChI is InChI=1S/C31H36ClFN4O5S/c1-17-21-16-40-15-19-14-37(29(39)42-31(5,6)7)11-10-36(19)13-18(21)12-22(32)24(17)20-8-9-23(33)26-25(20)34-27(43-26)35-28(38)41-30(2,3)4/h8-9,12,15H,10-11,13-14,16H2,1-7H3,(H,34,35,38)/b19-15-. The maximum atomic E-state index is 14.9. The first-order valence-electron chi connectivity index (χ1n) is 14.0. The van der Waals surface area contributed by atoms with Crippen molar-refractivity contribution >= 4 is 50.5 Å². The number of piperazine rings is 1. The van der Waals surface area contributed by atoms with Gasteiger partial charge in [-0.2, -0.15) is 0 Å². The van der Waals surface area contributed by atoms with Gasteiger partial charge in [0.05, 0.1) is 22.5 Å². The number of halogens is 2. The van der Waals surface area contributed by atoms with Crippen molar-refractivity contribution in [2.75, 3.05) is 25.0 Å². The van der Waals surface area contributed by atoms with Gasteiger partial charge in [0.2, 0.25) is 0 Å². The van der Waals surface area contributed by atoms with Gasteiger partial charge in [0.25, 0.3) is 0 Å². The fourth-order valence-electron chi connectivity index (χ4n) is 5.14. The van der Waals surface area contributed by atoms with Crippen molar-refractivity contribution in [2.45, 2.75) is 72.8 Å². The zero-order valence-electron chi connectivity index (χ0n) is 25.4. The lowest BCUT2D eigenvalue weighted by Gasteiger charge is -2.39. The first-order chi connectivity index (χ1) is 20.1. The van der Waals surface area contributed by atoms with Gasteiger partial charge in [0, 0.05) is 35.8 Å². The largest absolute Gasteiger partial charge is 0.495 e. The van der Waals surface area contributed by atoms with E-state index in [0.717, 1.165) is 39.3 Å². The normalized spacial score (nSPS) is 16.7. The maximum Gasteiger partial charge on any atom is 0.413 e. The van der Waals surface area contributed by atoms with E-state index in [1.54, 1.807) is 38.0 Å². The molecule has 0 atom stereocenters. The van der Waals surface area contributed by atoms with Crippen LogP contribution in [-0.2, 0) is 27.4 Å². The Morgan fingerprint density at radius 1 is 1.09 bits per heavy atom. The average Bonchev–Trinajstić information content (AvgIpc) is 3.28. The van der Waals surface area contributed by atoms with Crippen LogP contribution in [0, 0.1) is 12.7 Å². The van der Waals surface area contributed by atoms with Crippen molar-refractivity contribution in [3.8, 4) is 11.1 Å². The van der Waals surface area contributed by atoms with Gasteiger partial charge in [-0.25, -0.2) is 19.0 Å². The van der Waals surface area contributed by atoms with E-state index in [0.29, 0.717) is 53.6 Å². The minimum Gasteiger partial charge on any atom is -0.495 e. The number of carbonyl (C=O) groups excluding carboxylic acids is 2. The Hall–Kier alpha value is -3.57. The summed E-state index contributed by atoms with van der Waals surface area (Å²) >= 11 is 7.98. The van der Waals surface area contributed by atoms with E-state index in [1.165, 1.54) is 6.07 Å². The molecule has 0 radical (unpaired) electrons. The lowest BCUT2D eigenvalue weighted by atomic mass is 9.91. The van der Waals surface area contributed by atoms with Gasteiger partial charge >= 0.3 is 12.2 Å². The molecule has 1 N–H and O–H groups in total. The third-order valence-corrected chi connectivity index (χ3v) is 8.26. The van der Waals surface area contributed by atoms with E-state index in [4.69, 9.17) is 25.8 Å². The van der Waals surface area contributed by atoms with Crippen molar-refractivity contribution in [2.24, 2.45) is 0 Å². The van der Waals surface area contributed by atoms with Gasteiger partial charge in [-0.3, -0.25) is 5.32 Å². The van der Waals surface area contributed by atoms with Crippen LogP contribution in [0.15, 0.2) is 30.2 Å². The van der Waals surface area contributed by atoms with Crippen LogP contribution in [0.2, 0.25) is 5.02 Å². The number of thiazole rings is 1. The summed E-state index contributed by atoms with van der Waals surface area (Å²) < 4.78 is 32.2. The summed E-state index contributed by atoms with van der Waals surface area (Å²) in [6.45, 7) is 15.2. The number of benzene rings is 2. The number of carbonyl (C=O) groups is 2. The Morgan fingerprint density at radius 2 is 1.81 bits per heavy atom. The molecule has 0 aliphatic carbocycles. The summed E-state index contributed by atoms with van der Waals surface area (Å²) in [5.41, 5.74) is 4.27. The van der Waals surface area contributed by atoms with E-state index in [9.17, 15) is 14.0 Å². The predicted octanol–water partition coefficient (Wildman–Crippen LogP) is 7.84. The molecule has 3 aromatic rings. The number of anilines is 1. The number of hydrogen-bond donors (Lipinski definition) is 1. The van der Waals surface area contributed by atoms with Crippen LogP contribution in [0.1, 0.15) is 58.2 Å². The van der Waals surface area contributed by atoms with Crippen LogP contribution in [0.3, 0.4) is 0 Å². The van der Waals surface area contributed by atoms with Crippen LogP contribution in [0.25, 0.3) is 21.3 Å². The van der Waals surface area contributed by atoms with Gasteiger partial charge < -0.3 is 24.0 Å². The second-order valence-electron chi connectivity index (χ2n) is 12.7. The zero-order chi connectivity index (χ0) is 31.3. The topological polar surface area (TPSA) is 93.2 Å². The number of hydrogen-bond acceptors (Lipinski definition) is 8. The molecule has 2 aromatic carbocycles. The monoisotopic (exact) mass is 630 g/mol. The van der Waals surface area contributed by atoms with Crippen LogP contribution < -0.4 is 5.32 Å². The molecule has 0 spiro atoms. The molecule has 0 bridgehead atoms. The van der Waals surface area contributed by atoms with Crippen molar-refractivity contribution in [3.63, 3.8) is 0 Å². The van der Waals surface area contributed by atoms with E-state index in [-0.39, 0.29) is 11.2 Å². The molecule has 5 rings (SSSR count). The molecule has 0 unspecified atom stereocenters. The molecule has 2 aliphatic rings. The maximum absolute atomic E-state index is 14.9. The third-order valence-electron chi connectivity index (χ3n) is 6.99. The molecular weight excluding hydrogens is 595 g/mol. The third kappa shape index (κ3) is 6.83. The number of aromatic nitrogens is 1. The fraction of sp³-hybridized carbons (Fsp3) is 0.452. The lowest BCUT2D eigenvalue weighted by molar-refractivity contribution is 0.0184. The number of nitrogens with zero attached hydrogens (tertiary/aromatic N) is 3. The second kappa shape index (κ2) is 11.5. The minimum atomic E-state index is -0.688. The molecule has 43 heavy (non-hydrogen) atoms. The van der Waals surface area contributed by atoms with Crippen molar-refractivity contribution in [3.05, 3.63) is 57.7 Å². The number of amides is 2. The second-order valence-corrected chi connectivity index (χ2v) is 14.1. The van der Waals surface area contributed by atoms with Gasteiger partial charge in [-0.1, -0.05) is 22.9 Å². The van der Waals surface area contributed by atoms with E-state index >= 15 is 0 Å². The molecule has 1 aromatic heterocycles. The van der Waals surface area contributed by atoms with Crippen LogP contribution in [0.5, 0.6) is 0 Å². The Labute approximate surface area is 259 Å². The molecule has 1 saturated heterocycles.